The van der Waals surface area contributed by atoms with Crippen molar-refractivity contribution in [1.82, 2.24) is 26.1 Å². The van der Waals surface area contributed by atoms with Crippen LogP contribution in [0.2, 0.25) is 0 Å². The summed E-state index contributed by atoms with van der Waals surface area (Å²) in [7, 11) is 0. The molecular formula is C20H22N6O3S. The van der Waals surface area contributed by atoms with E-state index in [0.29, 0.717) is 12.3 Å². The van der Waals surface area contributed by atoms with E-state index in [0.717, 1.165) is 60.7 Å². The van der Waals surface area contributed by atoms with Gasteiger partial charge in [-0.15, -0.1) is 11.3 Å². The van der Waals surface area contributed by atoms with Crippen LogP contribution >= 0.6 is 11.3 Å². The Morgan fingerprint density at radius 2 is 2.10 bits per heavy atom. The van der Waals surface area contributed by atoms with Gasteiger partial charge in [0.1, 0.15) is 16.5 Å². The van der Waals surface area contributed by atoms with Crippen molar-refractivity contribution in [3.63, 3.8) is 0 Å². The van der Waals surface area contributed by atoms with E-state index in [4.69, 9.17) is 4.74 Å². The number of guanidine groups is 1. The lowest BCUT2D eigenvalue weighted by atomic mass is 10.1. The zero-order valence-electron chi connectivity index (χ0n) is 16.3. The topological polar surface area (TPSA) is 108 Å². The highest BCUT2D eigenvalue weighted by molar-refractivity contribution is 7.13. The smallest absolute Gasteiger partial charge is 0.277 e. The molecule has 1 unspecified atom stereocenters. The van der Waals surface area contributed by atoms with Crippen LogP contribution in [0.1, 0.15) is 35.3 Å². The number of nitrogens with one attached hydrogen (secondary N) is 3. The van der Waals surface area contributed by atoms with Crippen molar-refractivity contribution in [1.29, 1.82) is 0 Å². The Bertz CT molecular complexity index is 1010. The molecule has 1 fully saturated rings. The molecule has 0 saturated carbocycles. The summed E-state index contributed by atoms with van der Waals surface area (Å²) in [4.78, 5) is 35.6. The number of amides is 2. The first-order chi connectivity index (χ1) is 14.7. The molecule has 1 saturated heterocycles. The molecule has 5 rings (SSSR count). The van der Waals surface area contributed by atoms with Gasteiger partial charge in [-0.1, -0.05) is 0 Å². The van der Waals surface area contributed by atoms with Gasteiger partial charge in [-0.05, 0) is 43.0 Å². The third-order valence-electron chi connectivity index (χ3n) is 5.39. The summed E-state index contributed by atoms with van der Waals surface area (Å²) in [5.74, 6) is 0.684. The van der Waals surface area contributed by atoms with Crippen LogP contribution in [0.25, 0.3) is 10.6 Å². The van der Waals surface area contributed by atoms with Crippen LogP contribution in [0.4, 0.5) is 0 Å². The molecule has 156 valence electrons. The summed E-state index contributed by atoms with van der Waals surface area (Å²) in [5, 5.41) is 5.17. The molecule has 9 nitrogen and oxygen atoms in total. The van der Waals surface area contributed by atoms with Crippen LogP contribution in [-0.4, -0.2) is 53.5 Å². The number of fused-ring (bicyclic) bond motifs is 1. The second-order valence-corrected chi connectivity index (χ2v) is 8.31. The fraction of sp³-hybridized carbons (Fsp3) is 0.400. The molecule has 1 atom stereocenters. The van der Waals surface area contributed by atoms with Crippen LogP contribution < -0.4 is 20.9 Å². The van der Waals surface area contributed by atoms with Crippen molar-refractivity contribution in [2.75, 3.05) is 19.7 Å². The first-order valence-electron chi connectivity index (χ1n) is 10.1. The summed E-state index contributed by atoms with van der Waals surface area (Å²) >= 11 is 1.41. The fourth-order valence-corrected chi connectivity index (χ4v) is 4.60. The molecule has 30 heavy (non-hydrogen) atoms. The summed E-state index contributed by atoms with van der Waals surface area (Å²) in [6.07, 6.45) is 3.35. The lowest BCUT2D eigenvalue weighted by Gasteiger charge is -2.27. The van der Waals surface area contributed by atoms with Gasteiger partial charge >= 0.3 is 0 Å². The highest BCUT2D eigenvalue weighted by Crippen LogP contribution is 2.31. The summed E-state index contributed by atoms with van der Waals surface area (Å²) in [5.41, 5.74) is 8.04. The van der Waals surface area contributed by atoms with Crippen molar-refractivity contribution < 1.29 is 14.3 Å². The molecule has 1 aromatic heterocycles. The number of carbonyl (C=O) groups is 2. The second kappa shape index (κ2) is 8.04. The molecular weight excluding hydrogens is 404 g/mol. The van der Waals surface area contributed by atoms with Gasteiger partial charge in [0.2, 0.25) is 5.96 Å². The van der Waals surface area contributed by atoms with Crippen LogP contribution in [0.5, 0.6) is 5.75 Å². The van der Waals surface area contributed by atoms with Gasteiger partial charge < -0.3 is 9.64 Å². The van der Waals surface area contributed by atoms with Gasteiger partial charge in [-0.2, -0.15) is 0 Å². The predicted octanol–water partition coefficient (Wildman–Crippen LogP) is 1.28. The maximum Gasteiger partial charge on any atom is 0.277 e. The normalized spacial score (nSPS) is 20.2. The minimum absolute atomic E-state index is 0.0806. The molecule has 0 aliphatic carbocycles. The Labute approximate surface area is 177 Å². The Balaban J connectivity index is 1.23. The van der Waals surface area contributed by atoms with Gasteiger partial charge in [-0.3, -0.25) is 20.3 Å². The number of likely N-dealkylation sites (tertiary alicyclic amines) is 1. The number of benzene rings is 1. The Morgan fingerprint density at radius 3 is 2.97 bits per heavy atom. The Morgan fingerprint density at radius 1 is 1.23 bits per heavy atom. The number of aliphatic imine (C=N–C) groups is 1. The first-order valence-corrected chi connectivity index (χ1v) is 11.0. The van der Waals surface area contributed by atoms with E-state index >= 15 is 0 Å². The average Bonchev–Trinajstić information content (AvgIpc) is 3.53. The second-order valence-electron chi connectivity index (χ2n) is 7.45. The number of aromatic nitrogens is 1. The summed E-state index contributed by atoms with van der Waals surface area (Å²) in [6.45, 7) is 2.21. The number of ether oxygens (including phenoxy) is 1. The van der Waals surface area contributed by atoms with E-state index < -0.39 is 6.17 Å². The van der Waals surface area contributed by atoms with Gasteiger partial charge in [0.25, 0.3) is 11.8 Å². The third kappa shape index (κ3) is 3.75. The van der Waals surface area contributed by atoms with E-state index in [1.807, 2.05) is 17.0 Å². The Kier molecular flexibility index (Phi) is 5.09. The van der Waals surface area contributed by atoms with Crippen LogP contribution in [0, 0.1) is 0 Å². The van der Waals surface area contributed by atoms with E-state index in [2.05, 4.69) is 32.2 Å². The van der Waals surface area contributed by atoms with Crippen LogP contribution in [-0.2, 0) is 11.2 Å². The molecule has 2 amide bonds. The molecule has 4 heterocycles. The number of hydrogen-bond acceptors (Lipinski definition) is 8. The number of carbonyl (C=O) groups excluding carboxylic acids is 2. The van der Waals surface area contributed by atoms with Gasteiger partial charge in [-0.25, -0.2) is 15.4 Å². The first kappa shape index (κ1) is 19.0. The molecule has 0 radical (unpaired) electrons. The fourth-order valence-electron chi connectivity index (χ4n) is 3.80. The number of piperidine rings is 1. The van der Waals surface area contributed by atoms with E-state index in [1.54, 1.807) is 5.38 Å². The Hall–Kier alpha value is -2.98. The van der Waals surface area contributed by atoms with Crippen molar-refractivity contribution in [2.45, 2.75) is 31.8 Å². The molecule has 2 aromatic rings. The number of nitrogens with zero attached hydrogens (tertiary/aromatic N) is 3. The molecule has 0 spiro atoms. The minimum atomic E-state index is -0.724. The summed E-state index contributed by atoms with van der Waals surface area (Å²) < 4.78 is 5.54. The molecule has 3 aliphatic heterocycles. The lowest BCUT2D eigenvalue weighted by Crippen LogP contribution is -2.49. The number of hydrazine groups is 1. The zero-order valence-corrected chi connectivity index (χ0v) is 17.1. The highest BCUT2D eigenvalue weighted by atomic mass is 32.1. The molecule has 3 aliphatic rings. The van der Waals surface area contributed by atoms with Crippen molar-refractivity contribution in [2.24, 2.45) is 4.99 Å². The molecule has 10 heteroatoms. The maximum atomic E-state index is 12.6. The van der Waals surface area contributed by atoms with Crippen LogP contribution in [0.15, 0.2) is 28.6 Å². The van der Waals surface area contributed by atoms with Crippen molar-refractivity contribution in [3.05, 3.63) is 34.8 Å². The van der Waals surface area contributed by atoms with E-state index in [1.165, 1.54) is 11.3 Å². The largest absolute Gasteiger partial charge is 0.493 e. The third-order valence-corrected chi connectivity index (χ3v) is 6.28. The molecule has 1 aromatic carbocycles. The number of thiazole rings is 1. The van der Waals surface area contributed by atoms with E-state index in [9.17, 15) is 9.59 Å². The van der Waals surface area contributed by atoms with Gasteiger partial charge in [0.15, 0.2) is 6.17 Å². The quantitative estimate of drug-likeness (QED) is 0.682. The number of rotatable bonds is 3. The van der Waals surface area contributed by atoms with E-state index in [-0.39, 0.29) is 17.8 Å². The maximum absolute atomic E-state index is 12.6. The highest BCUT2D eigenvalue weighted by Gasteiger charge is 2.29. The molecule has 3 N–H and O–H groups in total. The average molecular weight is 427 g/mol. The zero-order chi connectivity index (χ0) is 20.5. The predicted molar refractivity (Wildman–Crippen MR) is 112 cm³/mol. The van der Waals surface area contributed by atoms with Crippen LogP contribution in [0.3, 0.4) is 0 Å². The standard InChI is InChI=1S/C20H22N6O3S/c27-17(23-20-22-16(24-25-20)19(28)26-7-2-1-3-8-26)14-11-30-18(21-14)13-4-5-15-12(10-13)6-9-29-15/h4-5,10-11,16,24H,1-3,6-9H2,(H2,22,23,25,27). The minimum Gasteiger partial charge on any atom is -0.493 e. The van der Waals surface area contributed by atoms with Gasteiger partial charge in [0.05, 0.1) is 6.61 Å². The van der Waals surface area contributed by atoms with Gasteiger partial charge in [0, 0.05) is 30.5 Å². The molecule has 0 bridgehead atoms. The van der Waals surface area contributed by atoms with Crippen molar-refractivity contribution >= 4 is 29.1 Å². The monoisotopic (exact) mass is 426 g/mol. The SMILES string of the molecule is O=C(NC1=NC(C(=O)N2CCCCC2)NN1)c1csc(-c2ccc3c(c2)CCO3)n1. The number of hydrogen-bond donors (Lipinski definition) is 3. The lowest BCUT2D eigenvalue weighted by molar-refractivity contribution is -0.134. The summed E-state index contributed by atoms with van der Waals surface area (Å²) in [6, 6.07) is 5.96. The van der Waals surface area contributed by atoms with Crippen molar-refractivity contribution in [3.8, 4) is 16.3 Å².